The van der Waals surface area contributed by atoms with E-state index in [9.17, 15) is 9.90 Å². The number of carbonyl (C=O) groups excluding carboxylic acids is 1. The van der Waals surface area contributed by atoms with Crippen LogP contribution in [0.2, 0.25) is 0 Å². The molecular formula is C18H24N4O2. The van der Waals surface area contributed by atoms with E-state index in [1.165, 1.54) is 0 Å². The van der Waals surface area contributed by atoms with Crippen LogP contribution in [-0.2, 0) is 0 Å². The molecule has 0 aliphatic heterocycles. The van der Waals surface area contributed by atoms with Crippen molar-refractivity contribution >= 4 is 5.91 Å². The van der Waals surface area contributed by atoms with E-state index in [2.05, 4.69) is 15.4 Å². The number of aliphatic hydroxyl groups excluding tert-OH is 1. The third-order valence-electron chi connectivity index (χ3n) is 4.69. The molecule has 0 spiro atoms. The number of benzene rings is 1. The predicted molar refractivity (Wildman–Crippen MR) is 91.1 cm³/mol. The molecule has 1 heterocycles. The number of amides is 1. The van der Waals surface area contributed by atoms with Gasteiger partial charge in [0.15, 0.2) is 0 Å². The quantitative estimate of drug-likeness (QED) is 0.901. The molecular weight excluding hydrogens is 304 g/mol. The Balaban J connectivity index is 1.63. The van der Waals surface area contributed by atoms with Crippen LogP contribution in [0.4, 0.5) is 0 Å². The van der Waals surface area contributed by atoms with Crippen LogP contribution in [0.1, 0.15) is 47.7 Å². The van der Waals surface area contributed by atoms with Gasteiger partial charge in [-0.2, -0.15) is 5.10 Å². The van der Waals surface area contributed by atoms with Crippen molar-refractivity contribution < 1.29 is 9.90 Å². The highest BCUT2D eigenvalue weighted by Gasteiger charge is 2.22. The number of hydrogen-bond acceptors (Lipinski definition) is 4. The largest absolute Gasteiger partial charge is 0.396 e. The maximum Gasteiger partial charge on any atom is 0.251 e. The van der Waals surface area contributed by atoms with Gasteiger partial charge in [0.05, 0.1) is 5.69 Å². The summed E-state index contributed by atoms with van der Waals surface area (Å²) < 4.78 is 1.77. The Bertz CT molecular complexity index is 700. The highest BCUT2D eigenvalue weighted by molar-refractivity contribution is 5.94. The predicted octanol–water partition coefficient (Wildman–Crippen LogP) is 2.17. The average molecular weight is 328 g/mol. The second kappa shape index (κ2) is 7.13. The first-order valence-electron chi connectivity index (χ1n) is 8.49. The van der Waals surface area contributed by atoms with Crippen LogP contribution >= 0.6 is 0 Å². The second-order valence-corrected chi connectivity index (χ2v) is 6.54. The van der Waals surface area contributed by atoms with Gasteiger partial charge in [0.25, 0.3) is 5.91 Å². The van der Waals surface area contributed by atoms with Crippen LogP contribution in [-0.4, -0.2) is 38.4 Å². The highest BCUT2D eigenvalue weighted by atomic mass is 16.3. The Labute approximate surface area is 141 Å². The molecule has 2 aromatic rings. The molecule has 1 aromatic carbocycles. The van der Waals surface area contributed by atoms with Crippen LogP contribution in [0.15, 0.2) is 24.3 Å². The summed E-state index contributed by atoms with van der Waals surface area (Å²) in [7, 11) is 0. The lowest BCUT2D eigenvalue weighted by atomic mass is 9.86. The number of hydrogen-bond donors (Lipinski definition) is 2. The van der Waals surface area contributed by atoms with Crippen molar-refractivity contribution in [2.24, 2.45) is 5.92 Å². The smallest absolute Gasteiger partial charge is 0.251 e. The third kappa shape index (κ3) is 3.64. The number of rotatable bonds is 4. The number of nitrogens with zero attached hydrogens (tertiary/aromatic N) is 3. The van der Waals surface area contributed by atoms with Crippen LogP contribution in [0.5, 0.6) is 0 Å². The number of aromatic nitrogens is 3. The van der Waals surface area contributed by atoms with Crippen LogP contribution in [0.3, 0.4) is 0 Å². The van der Waals surface area contributed by atoms with E-state index in [0.717, 1.165) is 43.0 Å². The summed E-state index contributed by atoms with van der Waals surface area (Å²) in [5, 5.41) is 16.6. The van der Waals surface area contributed by atoms with E-state index in [1.54, 1.807) is 4.68 Å². The molecule has 1 aliphatic rings. The maximum absolute atomic E-state index is 12.4. The molecule has 1 aliphatic carbocycles. The molecule has 24 heavy (non-hydrogen) atoms. The first-order chi connectivity index (χ1) is 11.6. The Morgan fingerprint density at radius 3 is 2.42 bits per heavy atom. The number of aryl methyl sites for hydroxylation is 2. The van der Waals surface area contributed by atoms with Crippen molar-refractivity contribution in [2.45, 2.75) is 45.6 Å². The fourth-order valence-electron chi connectivity index (χ4n) is 3.28. The van der Waals surface area contributed by atoms with Gasteiger partial charge in [0.2, 0.25) is 0 Å². The molecule has 1 saturated carbocycles. The van der Waals surface area contributed by atoms with Crippen molar-refractivity contribution in [3.05, 3.63) is 41.5 Å². The van der Waals surface area contributed by atoms with Crippen molar-refractivity contribution in [1.82, 2.24) is 20.1 Å². The molecule has 3 rings (SSSR count). The number of carbonyl (C=O) groups is 1. The van der Waals surface area contributed by atoms with E-state index < -0.39 is 0 Å². The molecule has 1 aromatic heterocycles. The summed E-state index contributed by atoms with van der Waals surface area (Å²) in [6.45, 7) is 4.02. The molecule has 128 valence electrons. The zero-order valence-corrected chi connectivity index (χ0v) is 14.2. The van der Waals surface area contributed by atoms with Gasteiger partial charge >= 0.3 is 0 Å². The van der Waals surface area contributed by atoms with E-state index in [1.807, 2.05) is 38.1 Å². The zero-order chi connectivity index (χ0) is 17.1. The molecule has 0 atom stereocenters. The van der Waals surface area contributed by atoms with E-state index >= 15 is 0 Å². The van der Waals surface area contributed by atoms with Gasteiger partial charge in [0, 0.05) is 18.2 Å². The summed E-state index contributed by atoms with van der Waals surface area (Å²) in [4.78, 5) is 16.7. The van der Waals surface area contributed by atoms with Crippen LogP contribution in [0, 0.1) is 19.8 Å². The average Bonchev–Trinajstić information content (AvgIpc) is 2.94. The monoisotopic (exact) mass is 328 g/mol. The number of nitrogens with one attached hydrogen (secondary N) is 1. The second-order valence-electron chi connectivity index (χ2n) is 6.54. The highest BCUT2D eigenvalue weighted by Crippen LogP contribution is 2.24. The van der Waals surface area contributed by atoms with Gasteiger partial charge in [-0.25, -0.2) is 9.67 Å². The molecule has 0 saturated heterocycles. The van der Waals surface area contributed by atoms with Crippen molar-refractivity contribution in [3.8, 4) is 5.69 Å². The van der Waals surface area contributed by atoms with Crippen molar-refractivity contribution in [1.29, 1.82) is 0 Å². The van der Waals surface area contributed by atoms with Crippen molar-refractivity contribution in [3.63, 3.8) is 0 Å². The number of aliphatic hydroxyl groups is 1. The molecule has 0 bridgehead atoms. The molecule has 6 heteroatoms. The minimum atomic E-state index is -0.0412. The Morgan fingerprint density at radius 2 is 1.88 bits per heavy atom. The summed E-state index contributed by atoms with van der Waals surface area (Å²) in [6.07, 6.45) is 3.83. The lowest BCUT2D eigenvalue weighted by Gasteiger charge is -2.27. The van der Waals surface area contributed by atoms with Gasteiger partial charge in [0.1, 0.15) is 11.6 Å². The van der Waals surface area contributed by atoms with Gasteiger partial charge < -0.3 is 10.4 Å². The first-order valence-corrected chi connectivity index (χ1v) is 8.49. The lowest BCUT2D eigenvalue weighted by Crippen LogP contribution is -2.38. The minimum absolute atomic E-state index is 0.0412. The molecule has 6 nitrogen and oxygen atoms in total. The van der Waals surface area contributed by atoms with Gasteiger partial charge in [-0.1, -0.05) is 0 Å². The minimum Gasteiger partial charge on any atom is -0.396 e. The zero-order valence-electron chi connectivity index (χ0n) is 14.2. The van der Waals surface area contributed by atoms with Gasteiger partial charge in [-0.15, -0.1) is 0 Å². The SMILES string of the molecule is Cc1nc(C)n(-c2ccc(C(=O)NC3CCC(CO)CC3)cc2)n1. The first kappa shape index (κ1) is 16.6. The van der Waals surface area contributed by atoms with Crippen LogP contribution < -0.4 is 5.32 Å². The summed E-state index contributed by atoms with van der Waals surface area (Å²) >= 11 is 0. The molecule has 2 N–H and O–H groups in total. The van der Waals surface area contributed by atoms with Crippen LogP contribution in [0.25, 0.3) is 5.69 Å². The van der Waals surface area contributed by atoms with E-state index in [4.69, 9.17) is 0 Å². The summed E-state index contributed by atoms with van der Waals surface area (Å²) in [6, 6.07) is 7.62. The molecule has 0 unspecified atom stereocenters. The topological polar surface area (TPSA) is 80.0 Å². The molecule has 1 amide bonds. The van der Waals surface area contributed by atoms with Gasteiger partial charge in [-0.3, -0.25) is 4.79 Å². The standard InChI is InChI=1S/C18H24N4O2/c1-12-19-13(2)22(21-12)17-9-5-15(6-10-17)18(24)20-16-7-3-14(11-23)4-8-16/h5-6,9-10,14,16,23H,3-4,7-8,11H2,1-2H3,(H,20,24). The normalized spacial score (nSPS) is 20.8. The van der Waals surface area contributed by atoms with Crippen molar-refractivity contribution in [2.75, 3.05) is 6.61 Å². The maximum atomic E-state index is 12.4. The van der Waals surface area contributed by atoms with E-state index in [0.29, 0.717) is 11.5 Å². The Morgan fingerprint density at radius 1 is 1.21 bits per heavy atom. The van der Waals surface area contributed by atoms with Gasteiger partial charge in [-0.05, 0) is 69.7 Å². The summed E-state index contributed by atoms with van der Waals surface area (Å²) in [5.41, 5.74) is 1.55. The fourth-order valence-corrected chi connectivity index (χ4v) is 3.28. The van der Waals surface area contributed by atoms with E-state index in [-0.39, 0.29) is 18.6 Å². The third-order valence-corrected chi connectivity index (χ3v) is 4.69. The summed E-state index contributed by atoms with van der Waals surface area (Å²) in [5.74, 6) is 1.91. The Hall–Kier alpha value is -2.21. The lowest BCUT2D eigenvalue weighted by molar-refractivity contribution is 0.0914. The molecule has 0 radical (unpaired) electrons. The molecule has 1 fully saturated rings. The Kier molecular flexibility index (Phi) is 4.94. The fraction of sp³-hybridized carbons (Fsp3) is 0.500.